The Morgan fingerprint density at radius 2 is 1.67 bits per heavy atom. The molecular formula is C24H28N2O. The summed E-state index contributed by atoms with van der Waals surface area (Å²) in [5, 5.41) is 1.26. The van der Waals surface area contributed by atoms with Crippen LogP contribution in [0.25, 0.3) is 11.0 Å². The first kappa shape index (κ1) is 17.0. The fourth-order valence-corrected chi connectivity index (χ4v) is 4.86. The average Bonchev–Trinajstić information content (AvgIpc) is 3.04. The third kappa shape index (κ3) is 3.30. The average molecular weight is 361 g/mol. The van der Waals surface area contributed by atoms with Gasteiger partial charge in [0.2, 0.25) is 0 Å². The van der Waals surface area contributed by atoms with Gasteiger partial charge in [-0.1, -0.05) is 42.5 Å². The molecule has 3 heteroatoms. The van der Waals surface area contributed by atoms with Gasteiger partial charge < -0.3 is 4.42 Å². The van der Waals surface area contributed by atoms with Gasteiger partial charge in [-0.25, -0.2) is 0 Å². The second kappa shape index (κ2) is 7.14. The minimum absolute atomic E-state index is 0.718. The summed E-state index contributed by atoms with van der Waals surface area (Å²) in [4.78, 5) is 5.27. The third-order valence-corrected chi connectivity index (χ3v) is 6.55. The van der Waals surface area contributed by atoms with E-state index in [0.717, 1.165) is 37.0 Å². The van der Waals surface area contributed by atoms with Crippen molar-refractivity contribution < 1.29 is 4.42 Å². The Kier molecular flexibility index (Phi) is 4.50. The molecule has 2 aromatic carbocycles. The molecule has 1 saturated heterocycles. The number of hydrogen-bond donors (Lipinski definition) is 0. The number of piperazine rings is 1. The number of hydrogen-bond acceptors (Lipinski definition) is 3. The lowest BCUT2D eigenvalue weighted by molar-refractivity contribution is 0.0820. The molecule has 0 amide bonds. The van der Waals surface area contributed by atoms with Crippen LogP contribution in [0.3, 0.4) is 0 Å². The predicted octanol–water partition coefficient (Wildman–Crippen LogP) is 4.42. The Morgan fingerprint density at radius 3 is 2.48 bits per heavy atom. The minimum Gasteiger partial charge on any atom is -0.459 e. The van der Waals surface area contributed by atoms with Crippen LogP contribution in [0.5, 0.6) is 0 Å². The lowest BCUT2D eigenvalue weighted by Gasteiger charge is -2.41. The topological polar surface area (TPSA) is 19.6 Å². The number of benzene rings is 2. The molecule has 0 saturated carbocycles. The van der Waals surface area contributed by atoms with Crippen molar-refractivity contribution in [2.24, 2.45) is 0 Å². The Labute approximate surface area is 161 Å². The molecule has 1 aliphatic carbocycles. The lowest BCUT2D eigenvalue weighted by Crippen LogP contribution is -2.51. The monoisotopic (exact) mass is 360 g/mol. The molecule has 1 fully saturated rings. The summed E-state index contributed by atoms with van der Waals surface area (Å²) in [7, 11) is 0. The molecule has 0 unspecified atom stereocenters. The molecule has 1 atom stereocenters. The van der Waals surface area contributed by atoms with E-state index in [1.165, 1.54) is 43.3 Å². The van der Waals surface area contributed by atoms with Gasteiger partial charge in [-0.15, -0.1) is 0 Å². The maximum absolute atomic E-state index is 6.13. The summed E-state index contributed by atoms with van der Waals surface area (Å²) in [5.41, 5.74) is 5.45. The van der Waals surface area contributed by atoms with Crippen LogP contribution in [-0.4, -0.2) is 42.0 Å². The van der Waals surface area contributed by atoms with E-state index < -0.39 is 0 Å². The van der Waals surface area contributed by atoms with Gasteiger partial charge in [0.15, 0.2) is 0 Å². The van der Waals surface area contributed by atoms with Gasteiger partial charge >= 0.3 is 0 Å². The normalized spacial score (nSPS) is 21.4. The fourth-order valence-electron chi connectivity index (χ4n) is 4.86. The van der Waals surface area contributed by atoms with Crippen molar-refractivity contribution in [3.63, 3.8) is 0 Å². The van der Waals surface area contributed by atoms with Gasteiger partial charge in [-0.3, -0.25) is 9.80 Å². The van der Waals surface area contributed by atoms with E-state index in [-0.39, 0.29) is 0 Å². The van der Waals surface area contributed by atoms with Crippen molar-refractivity contribution in [1.82, 2.24) is 9.80 Å². The molecule has 0 radical (unpaired) electrons. The van der Waals surface area contributed by atoms with Crippen LogP contribution in [0.15, 0.2) is 52.9 Å². The Bertz CT molecular complexity index is 936. The summed E-state index contributed by atoms with van der Waals surface area (Å²) in [6, 6.07) is 18.1. The minimum atomic E-state index is 0.718. The van der Waals surface area contributed by atoms with Crippen LogP contribution in [0, 0.1) is 6.92 Å². The highest BCUT2D eigenvalue weighted by Crippen LogP contribution is 2.28. The number of rotatable bonds is 3. The molecule has 27 heavy (non-hydrogen) atoms. The molecule has 0 N–H and O–H groups in total. The summed E-state index contributed by atoms with van der Waals surface area (Å²) in [6.07, 6.45) is 3.76. The standard InChI is InChI=1S/C24H28N2O/c1-18-22-8-4-5-9-23(22)27-24(18)17-25-12-14-26(15-13-25)21-11-10-19-6-2-3-7-20(19)16-21/h2-9,21H,10-17H2,1H3/t21-/m1/s1. The van der Waals surface area contributed by atoms with E-state index in [4.69, 9.17) is 4.42 Å². The first-order valence-corrected chi connectivity index (χ1v) is 10.3. The molecule has 0 bridgehead atoms. The lowest BCUT2D eigenvalue weighted by atomic mass is 9.87. The molecule has 3 nitrogen and oxygen atoms in total. The third-order valence-electron chi connectivity index (χ3n) is 6.55. The van der Waals surface area contributed by atoms with Gasteiger partial charge in [0, 0.05) is 37.6 Å². The van der Waals surface area contributed by atoms with Crippen LogP contribution in [-0.2, 0) is 19.4 Å². The van der Waals surface area contributed by atoms with E-state index in [0.29, 0.717) is 0 Å². The van der Waals surface area contributed by atoms with E-state index in [2.05, 4.69) is 65.3 Å². The molecule has 1 aromatic heterocycles. The van der Waals surface area contributed by atoms with Gasteiger partial charge in [0.05, 0.1) is 6.54 Å². The maximum Gasteiger partial charge on any atom is 0.134 e. The second-order valence-corrected chi connectivity index (χ2v) is 8.12. The quantitative estimate of drug-likeness (QED) is 0.689. The first-order chi connectivity index (χ1) is 13.3. The van der Waals surface area contributed by atoms with E-state index >= 15 is 0 Å². The summed E-state index contributed by atoms with van der Waals surface area (Å²) in [6.45, 7) is 7.74. The molecule has 5 rings (SSSR count). The van der Waals surface area contributed by atoms with Crippen molar-refractivity contribution in [1.29, 1.82) is 0 Å². The van der Waals surface area contributed by atoms with Crippen molar-refractivity contribution in [3.05, 3.63) is 71.0 Å². The van der Waals surface area contributed by atoms with Gasteiger partial charge in [-0.05, 0) is 48.9 Å². The number of para-hydroxylation sites is 1. The molecular weight excluding hydrogens is 332 g/mol. The molecule has 3 aromatic rings. The maximum atomic E-state index is 6.13. The Balaban J connectivity index is 1.21. The Hall–Kier alpha value is -2.10. The number of furan rings is 1. The zero-order chi connectivity index (χ0) is 18.2. The van der Waals surface area contributed by atoms with Crippen LogP contribution >= 0.6 is 0 Å². The van der Waals surface area contributed by atoms with Gasteiger partial charge in [0.25, 0.3) is 0 Å². The second-order valence-electron chi connectivity index (χ2n) is 8.12. The highest BCUT2D eigenvalue weighted by Gasteiger charge is 2.27. The van der Waals surface area contributed by atoms with Crippen molar-refractivity contribution >= 4 is 11.0 Å². The molecule has 0 spiro atoms. The summed E-state index contributed by atoms with van der Waals surface area (Å²) in [5.74, 6) is 1.14. The van der Waals surface area contributed by atoms with Crippen molar-refractivity contribution in [2.75, 3.05) is 26.2 Å². The van der Waals surface area contributed by atoms with E-state index in [9.17, 15) is 0 Å². The molecule has 2 heterocycles. The van der Waals surface area contributed by atoms with Crippen molar-refractivity contribution in [3.8, 4) is 0 Å². The smallest absolute Gasteiger partial charge is 0.134 e. The molecule has 2 aliphatic rings. The van der Waals surface area contributed by atoms with E-state index in [1.54, 1.807) is 11.1 Å². The van der Waals surface area contributed by atoms with E-state index in [1.807, 2.05) is 0 Å². The zero-order valence-electron chi connectivity index (χ0n) is 16.2. The molecule has 1 aliphatic heterocycles. The first-order valence-electron chi connectivity index (χ1n) is 10.3. The number of fused-ring (bicyclic) bond motifs is 2. The summed E-state index contributed by atoms with van der Waals surface area (Å²) >= 11 is 0. The summed E-state index contributed by atoms with van der Waals surface area (Å²) < 4.78 is 6.13. The van der Waals surface area contributed by atoms with Gasteiger partial charge in [-0.2, -0.15) is 0 Å². The fraction of sp³-hybridized carbons (Fsp3) is 0.417. The Morgan fingerprint density at radius 1 is 0.926 bits per heavy atom. The number of nitrogens with zero attached hydrogens (tertiary/aromatic N) is 2. The van der Waals surface area contributed by atoms with Crippen LogP contribution in [0.4, 0.5) is 0 Å². The number of aryl methyl sites for hydroxylation is 2. The largest absolute Gasteiger partial charge is 0.459 e. The predicted molar refractivity (Wildman–Crippen MR) is 110 cm³/mol. The van der Waals surface area contributed by atoms with Crippen LogP contribution in [0.2, 0.25) is 0 Å². The molecule has 140 valence electrons. The van der Waals surface area contributed by atoms with Crippen LogP contribution < -0.4 is 0 Å². The highest BCUT2D eigenvalue weighted by molar-refractivity contribution is 5.81. The highest BCUT2D eigenvalue weighted by atomic mass is 16.3. The zero-order valence-corrected chi connectivity index (χ0v) is 16.2. The van der Waals surface area contributed by atoms with Crippen molar-refractivity contribution in [2.45, 2.75) is 38.8 Å². The van der Waals surface area contributed by atoms with Gasteiger partial charge in [0.1, 0.15) is 11.3 Å². The van der Waals surface area contributed by atoms with Crippen LogP contribution in [0.1, 0.15) is 28.9 Å². The SMILES string of the molecule is Cc1c(CN2CCN([C@@H]3CCc4ccccc4C3)CC2)oc2ccccc12.